The van der Waals surface area contributed by atoms with Crippen LogP contribution in [0.2, 0.25) is 5.02 Å². The van der Waals surface area contributed by atoms with E-state index >= 15 is 0 Å². The van der Waals surface area contributed by atoms with Crippen LogP contribution in [0.4, 0.5) is 0 Å². The van der Waals surface area contributed by atoms with E-state index < -0.39 is 22.2 Å². The summed E-state index contributed by atoms with van der Waals surface area (Å²) < 4.78 is 11.8. The van der Waals surface area contributed by atoms with Gasteiger partial charge in [0, 0.05) is 18.2 Å². The molecule has 6 nitrogen and oxygen atoms in total. The Morgan fingerprint density at radius 2 is 1.65 bits per heavy atom. The Balaban J connectivity index is 2.35. The summed E-state index contributed by atoms with van der Waals surface area (Å²) in [6.45, 7) is 6.05. The van der Waals surface area contributed by atoms with Crippen LogP contribution in [0.3, 0.4) is 0 Å². The average Bonchev–Trinajstić information content (AvgIpc) is 3.13. The maximum absolute atomic E-state index is 10.3. The van der Waals surface area contributed by atoms with Crippen molar-refractivity contribution in [3.8, 4) is 12.1 Å². The van der Waals surface area contributed by atoms with E-state index in [9.17, 15) is 10.5 Å². The first-order valence-corrected chi connectivity index (χ1v) is 9.03. The summed E-state index contributed by atoms with van der Waals surface area (Å²) in [5, 5.41) is 21.1. The quantitative estimate of drug-likeness (QED) is 0.772. The SMILES string of the molecule is CCOC1(OCC)N=C(N)[C@@]2(C#N)[C@](CC)(c3ccc(Cl)cc3)[C@@]12C#N. The number of aliphatic imine (C=N–C) groups is 1. The van der Waals surface area contributed by atoms with Gasteiger partial charge in [0.15, 0.2) is 10.8 Å². The van der Waals surface area contributed by atoms with Gasteiger partial charge >= 0.3 is 0 Å². The van der Waals surface area contributed by atoms with Crippen molar-refractivity contribution in [1.29, 1.82) is 10.5 Å². The van der Waals surface area contributed by atoms with Crippen molar-refractivity contribution in [1.82, 2.24) is 0 Å². The lowest BCUT2D eigenvalue weighted by atomic mass is 9.80. The van der Waals surface area contributed by atoms with Gasteiger partial charge in [-0.05, 0) is 38.0 Å². The fraction of sp³-hybridized carbons (Fsp3) is 0.526. The number of amidine groups is 1. The number of fused-ring (bicyclic) bond motifs is 1. The van der Waals surface area contributed by atoms with Gasteiger partial charge in [-0.3, -0.25) is 0 Å². The summed E-state index contributed by atoms with van der Waals surface area (Å²) in [5.74, 6) is -1.53. The molecule has 0 unspecified atom stereocenters. The van der Waals surface area contributed by atoms with Gasteiger partial charge in [0.1, 0.15) is 5.84 Å². The standard InChI is InChI=1S/C19H21ClN4O2/c1-4-16(13-7-9-14(20)10-8-13)17(11-21)15(23)24-19(25-5-2,26-6-3)18(16,17)12-22/h7-10H,4-6H2,1-3H3,(H2,23,24)/t16-,17-,18+/m0/s1. The van der Waals surface area contributed by atoms with Gasteiger partial charge in [0.25, 0.3) is 5.91 Å². The highest BCUT2D eigenvalue weighted by Gasteiger charge is 3.00. The normalized spacial score (nSPS) is 33.7. The van der Waals surface area contributed by atoms with Crippen LogP contribution >= 0.6 is 11.6 Å². The summed E-state index contributed by atoms with van der Waals surface area (Å²) in [4.78, 5) is 4.38. The number of rotatable bonds is 6. The molecule has 3 rings (SSSR count). The second-order valence-electron chi connectivity index (χ2n) is 6.43. The molecule has 0 amide bonds. The van der Waals surface area contributed by atoms with Crippen LogP contribution in [-0.4, -0.2) is 25.0 Å². The summed E-state index contributed by atoms with van der Waals surface area (Å²) in [7, 11) is 0. The fourth-order valence-electron chi connectivity index (χ4n) is 4.97. The summed E-state index contributed by atoms with van der Waals surface area (Å²) >= 11 is 6.04. The minimum atomic E-state index is -1.61. The maximum Gasteiger partial charge on any atom is 0.293 e. The van der Waals surface area contributed by atoms with Crippen molar-refractivity contribution in [3.05, 3.63) is 34.9 Å². The smallest absolute Gasteiger partial charge is 0.293 e. The summed E-state index contributed by atoms with van der Waals surface area (Å²) in [5.41, 5.74) is 3.48. The van der Waals surface area contributed by atoms with Gasteiger partial charge in [-0.25, -0.2) is 4.99 Å². The van der Waals surface area contributed by atoms with Crippen molar-refractivity contribution in [2.24, 2.45) is 21.6 Å². The van der Waals surface area contributed by atoms with E-state index in [0.29, 0.717) is 11.4 Å². The molecule has 1 fully saturated rings. The predicted molar refractivity (Wildman–Crippen MR) is 97.1 cm³/mol. The van der Waals surface area contributed by atoms with E-state index in [-0.39, 0.29) is 19.0 Å². The van der Waals surface area contributed by atoms with E-state index in [1.807, 2.05) is 19.1 Å². The molecule has 1 aromatic carbocycles. The molecule has 2 aliphatic rings. The third-order valence-electron chi connectivity index (χ3n) is 5.79. The van der Waals surface area contributed by atoms with E-state index in [1.165, 1.54) is 0 Å². The molecule has 7 heteroatoms. The number of hydrogen-bond acceptors (Lipinski definition) is 6. The highest BCUT2D eigenvalue weighted by atomic mass is 35.5. The molecular formula is C19H21ClN4O2. The summed E-state index contributed by atoms with van der Waals surface area (Å²) in [6, 6.07) is 11.8. The molecule has 26 heavy (non-hydrogen) atoms. The van der Waals surface area contributed by atoms with Crippen LogP contribution in [0, 0.1) is 33.5 Å². The van der Waals surface area contributed by atoms with Gasteiger partial charge in [-0.15, -0.1) is 0 Å². The van der Waals surface area contributed by atoms with E-state index in [4.69, 9.17) is 26.8 Å². The Hall–Kier alpha value is -2.12. The minimum absolute atomic E-state index is 0.0836. The van der Waals surface area contributed by atoms with Gasteiger partial charge < -0.3 is 15.2 Å². The third-order valence-corrected chi connectivity index (χ3v) is 6.04. The van der Waals surface area contributed by atoms with Crippen LogP contribution in [0.5, 0.6) is 0 Å². The number of benzene rings is 1. The third kappa shape index (κ3) is 1.66. The van der Waals surface area contributed by atoms with E-state index in [0.717, 1.165) is 5.56 Å². The van der Waals surface area contributed by atoms with Crippen molar-refractivity contribution >= 4 is 17.4 Å². The lowest BCUT2D eigenvalue weighted by Gasteiger charge is -2.35. The van der Waals surface area contributed by atoms with Crippen molar-refractivity contribution in [2.75, 3.05) is 13.2 Å². The van der Waals surface area contributed by atoms with Crippen LogP contribution in [0.25, 0.3) is 0 Å². The Morgan fingerprint density at radius 3 is 2.08 bits per heavy atom. The zero-order chi connectivity index (χ0) is 19.2. The lowest BCUT2D eigenvalue weighted by molar-refractivity contribution is -0.258. The Labute approximate surface area is 158 Å². The molecular weight excluding hydrogens is 352 g/mol. The monoisotopic (exact) mass is 372 g/mol. The number of nitrogens with two attached hydrogens (primary N) is 1. The van der Waals surface area contributed by atoms with Crippen molar-refractivity contribution in [2.45, 2.75) is 38.5 Å². The Morgan fingerprint density at radius 1 is 1.08 bits per heavy atom. The molecule has 3 atom stereocenters. The van der Waals surface area contributed by atoms with Gasteiger partial charge in [0.05, 0.1) is 17.6 Å². The first kappa shape index (κ1) is 18.7. The number of nitriles is 2. The molecule has 1 aliphatic carbocycles. The molecule has 0 aromatic heterocycles. The topological polar surface area (TPSA) is 104 Å². The van der Waals surface area contributed by atoms with Crippen LogP contribution in [-0.2, 0) is 14.9 Å². The molecule has 1 saturated carbocycles. The maximum atomic E-state index is 10.3. The Bertz CT molecular complexity index is 835. The molecule has 0 saturated heterocycles. The average molecular weight is 373 g/mol. The van der Waals surface area contributed by atoms with Crippen LogP contribution in [0.1, 0.15) is 32.8 Å². The first-order chi connectivity index (χ1) is 12.4. The minimum Gasteiger partial charge on any atom is -0.386 e. The number of halogens is 1. The molecule has 2 N–H and O–H groups in total. The van der Waals surface area contributed by atoms with Crippen LogP contribution in [0.15, 0.2) is 29.3 Å². The molecule has 0 radical (unpaired) electrons. The zero-order valence-electron chi connectivity index (χ0n) is 15.0. The fourth-order valence-corrected chi connectivity index (χ4v) is 5.10. The second kappa shape index (κ2) is 5.96. The van der Waals surface area contributed by atoms with Crippen molar-refractivity contribution < 1.29 is 9.47 Å². The van der Waals surface area contributed by atoms with Gasteiger partial charge in [0.2, 0.25) is 0 Å². The van der Waals surface area contributed by atoms with Gasteiger partial charge in [-0.1, -0.05) is 30.7 Å². The number of hydrogen-bond donors (Lipinski definition) is 1. The molecule has 1 heterocycles. The molecule has 1 aromatic rings. The molecule has 1 aliphatic heterocycles. The molecule has 0 bridgehead atoms. The Kier molecular flexibility index (Phi) is 4.28. The predicted octanol–water partition coefficient (Wildman–Crippen LogP) is 3.12. The highest BCUT2D eigenvalue weighted by Crippen LogP contribution is 2.86. The number of ether oxygens (including phenoxy) is 2. The molecule has 0 spiro atoms. The number of nitrogens with zero attached hydrogens (tertiary/aromatic N) is 3. The molecule has 136 valence electrons. The zero-order valence-corrected chi connectivity index (χ0v) is 15.8. The van der Waals surface area contributed by atoms with E-state index in [1.54, 1.807) is 26.0 Å². The van der Waals surface area contributed by atoms with Crippen molar-refractivity contribution in [3.63, 3.8) is 0 Å². The van der Waals surface area contributed by atoms with Crippen LogP contribution < -0.4 is 5.73 Å². The first-order valence-electron chi connectivity index (χ1n) is 8.65. The summed E-state index contributed by atoms with van der Waals surface area (Å²) in [6.07, 6.45) is 0.494. The lowest BCUT2D eigenvalue weighted by Crippen LogP contribution is -2.46. The highest BCUT2D eigenvalue weighted by molar-refractivity contribution is 6.30. The van der Waals surface area contributed by atoms with Gasteiger partial charge in [-0.2, -0.15) is 10.5 Å². The largest absolute Gasteiger partial charge is 0.386 e. The van der Waals surface area contributed by atoms with E-state index in [2.05, 4.69) is 17.1 Å². The second-order valence-corrected chi connectivity index (χ2v) is 6.87.